The number of hydrogen-bond donors (Lipinski definition) is 0. The van der Waals surface area contributed by atoms with Crippen LogP contribution in [0.2, 0.25) is 0 Å². The Hall–Kier alpha value is -2.29. The van der Waals surface area contributed by atoms with E-state index in [9.17, 15) is 4.79 Å². The zero-order valence-corrected chi connectivity index (χ0v) is 11.3. The van der Waals surface area contributed by atoms with Gasteiger partial charge in [0.25, 0.3) is 0 Å². The molecule has 0 bridgehead atoms. The maximum atomic E-state index is 12.2. The maximum absolute atomic E-state index is 12.2. The summed E-state index contributed by atoms with van der Waals surface area (Å²) >= 11 is 0. The van der Waals surface area contributed by atoms with E-state index >= 15 is 0 Å². The Balaban J connectivity index is 2.03. The fourth-order valence-electron chi connectivity index (χ4n) is 1.87. The Morgan fingerprint density at radius 1 is 0.895 bits per heavy atom. The minimum Gasteiger partial charge on any atom is -0.286 e. The smallest absolute Gasteiger partial charge is 0.245 e. The monoisotopic (exact) mass is 254 g/mol. The number of likely N-dealkylation sites (N-methyl/N-ethyl adjacent to an activating group) is 1. The average Bonchev–Trinajstić information content (AvgIpc) is 2.47. The number of hydrazine groups is 1. The molecular formula is C16H18N2O. The summed E-state index contributed by atoms with van der Waals surface area (Å²) < 4.78 is 0. The summed E-state index contributed by atoms with van der Waals surface area (Å²) in [6, 6.07) is 19.6. The minimum atomic E-state index is 0.0672. The SMILES string of the molecule is CN(C(=O)Cc1ccccc1)N(C)c1ccccc1. The van der Waals surface area contributed by atoms with Gasteiger partial charge in [-0.25, -0.2) is 0 Å². The second kappa shape index (κ2) is 6.05. The number of para-hydroxylation sites is 1. The predicted molar refractivity (Wildman–Crippen MR) is 77.8 cm³/mol. The molecule has 0 aliphatic carbocycles. The molecule has 2 aromatic carbocycles. The van der Waals surface area contributed by atoms with Crippen molar-refractivity contribution in [3.8, 4) is 0 Å². The highest BCUT2D eigenvalue weighted by atomic mass is 16.2. The number of carbonyl (C=O) groups excluding carboxylic acids is 1. The highest BCUT2D eigenvalue weighted by Crippen LogP contribution is 2.13. The minimum absolute atomic E-state index is 0.0672. The standard InChI is InChI=1S/C16H18N2O/c1-17(15-11-7-4-8-12-15)18(2)16(19)13-14-9-5-3-6-10-14/h3-12H,13H2,1-2H3. The number of carbonyl (C=O) groups is 1. The van der Waals surface area contributed by atoms with Crippen LogP contribution in [-0.4, -0.2) is 25.0 Å². The molecule has 0 heterocycles. The van der Waals surface area contributed by atoms with Crippen molar-refractivity contribution in [1.82, 2.24) is 5.01 Å². The van der Waals surface area contributed by atoms with Gasteiger partial charge in [-0.3, -0.25) is 14.8 Å². The summed E-state index contributed by atoms with van der Waals surface area (Å²) in [7, 11) is 3.68. The lowest BCUT2D eigenvalue weighted by molar-refractivity contribution is -0.129. The summed E-state index contributed by atoms with van der Waals surface area (Å²) in [5, 5.41) is 3.49. The number of rotatable bonds is 4. The lowest BCUT2D eigenvalue weighted by Gasteiger charge is -2.30. The number of hydrogen-bond acceptors (Lipinski definition) is 2. The molecule has 0 atom stereocenters. The van der Waals surface area contributed by atoms with Gasteiger partial charge >= 0.3 is 0 Å². The van der Waals surface area contributed by atoms with Crippen molar-refractivity contribution in [3.63, 3.8) is 0 Å². The molecular weight excluding hydrogens is 236 g/mol. The van der Waals surface area contributed by atoms with Crippen LogP contribution in [0.3, 0.4) is 0 Å². The third-order valence-electron chi connectivity index (χ3n) is 3.14. The Morgan fingerprint density at radius 3 is 2.00 bits per heavy atom. The van der Waals surface area contributed by atoms with Gasteiger partial charge in [0.15, 0.2) is 0 Å². The largest absolute Gasteiger partial charge is 0.286 e. The molecule has 3 nitrogen and oxygen atoms in total. The molecule has 1 amide bonds. The average molecular weight is 254 g/mol. The van der Waals surface area contributed by atoms with E-state index in [1.165, 1.54) is 0 Å². The van der Waals surface area contributed by atoms with Crippen LogP contribution in [-0.2, 0) is 11.2 Å². The van der Waals surface area contributed by atoms with Crippen LogP contribution in [0.15, 0.2) is 60.7 Å². The Morgan fingerprint density at radius 2 is 1.42 bits per heavy atom. The molecule has 0 saturated heterocycles. The van der Waals surface area contributed by atoms with Gasteiger partial charge in [-0.1, -0.05) is 48.5 Å². The van der Waals surface area contributed by atoms with Crippen LogP contribution in [0.4, 0.5) is 5.69 Å². The molecule has 2 aromatic rings. The maximum Gasteiger partial charge on any atom is 0.245 e. The van der Waals surface area contributed by atoms with Crippen LogP contribution < -0.4 is 5.01 Å². The Labute approximate surface area is 114 Å². The summed E-state index contributed by atoms with van der Waals surface area (Å²) in [6.07, 6.45) is 0.411. The summed E-state index contributed by atoms with van der Waals surface area (Å²) in [6.45, 7) is 0. The zero-order valence-electron chi connectivity index (χ0n) is 11.3. The van der Waals surface area contributed by atoms with E-state index in [2.05, 4.69) is 0 Å². The zero-order chi connectivity index (χ0) is 13.7. The highest BCUT2D eigenvalue weighted by Gasteiger charge is 2.14. The molecule has 0 aromatic heterocycles. The summed E-state index contributed by atoms with van der Waals surface area (Å²) in [4.78, 5) is 12.2. The molecule has 0 saturated carbocycles. The number of benzene rings is 2. The number of anilines is 1. The van der Waals surface area contributed by atoms with E-state index in [-0.39, 0.29) is 5.91 Å². The van der Waals surface area contributed by atoms with E-state index < -0.39 is 0 Å². The molecule has 0 N–H and O–H groups in total. The topological polar surface area (TPSA) is 23.6 Å². The highest BCUT2D eigenvalue weighted by molar-refractivity contribution is 5.80. The first kappa shape index (κ1) is 13.1. The summed E-state index contributed by atoms with van der Waals surface area (Å²) in [5.41, 5.74) is 2.02. The lowest BCUT2D eigenvalue weighted by Crippen LogP contribution is -2.42. The van der Waals surface area contributed by atoms with E-state index in [0.29, 0.717) is 6.42 Å². The van der Waals surface area contributed by atoms with Gasteiger partial charge in [0.05, 0.1) is 12.1 Å². The molecule has 2 rings (SSSR count). The van der Waals surface area contributed by atoms with Crippen molar-refractivity contribution in [2.75, 3.05) is 19.1 Å². The summed E-state index contributed by atoms with van der Waals surface area (Å²) in [5.74, 6) is 0.0672. The van der Waals surface area contributed by atoms with Gasteiger partial charge in [0.1, 0.15) is 0 Å². The first-order valence-electron chi connectivity index (χ1n) is 6.27. The van der Waals surface area contributed by atoms with Crippen molar-refractivity contribution < 1.29 is 4.79 Å². The second-order valence-electron chi connectivity index (χ2n) is 4.44. The van der Waals surface area contributed by atoms with Crippen LogP contribution >= 0.6 is 0 Å². The van der Waals surface area contributed by atoms with E-state index in [1.807, 2.05) is 72.7 Å². The second-order valence-corrected chi connectivity index (χ2v) is 4.44. The van der Waals surface area contributed by atoms with Gasteiger partial charge < -0.3 is 0 Å². The molecule has 0 aliphatic rings. The molecule has 3 heteroatoms. The van der Waals surface area contributed by atoms with E-state index in [0.717, 1.165) is 11.3 Å². The lowest BCUT2D eigenvalue weighted by atomic mass is 10.1. The van der Waals surface area contributed by atoms with Crippen LogP contribution in [0.1, 0.15) is 5.56 Å². The first-order chi connectivity index (χ1) is 9.18. The van der Waals surface area contributed by atoms with Gasteiger partial charge in [0, 0.05) is 14.1 Å². The molecule has 0 spiro atoms. The third-order valence-corrected chi connectivity index (χ3v) is 3.14. The van der Waals surface area contributed by atoms with Crippen molar-refractivity contribution in [1.29, 1.82) is 0 Å². The molecule has 19 heavy (non-hydrogen) atoms. The van der Waals surface area contributed by atoms with Crippen molar-refractivity contribution >= 4 is 11.6 Å². The van der Waals surface area contributed by atoms with E-state index in [1.54, 1.807) is 12.1 Å². The number of nitrogens with zero attached hydrogens (tertiary/aromatic N) is 2. The molecule has 0 unspecified atom stereocenters. The van der Waals surface area contributed by atoms with Crippen molar-refractivity contribution in [3.05, 3.63) is 66.2 Å². The predicted octanol–water partition coefficient (Wildman–Crippen LogP) is 2.74. The van der Waals surface area contributed by atoms with Crippen LogP contribution in [0.5, 0.6) is 0 Å². The quantitative estimate of drug-likeness (QED) is 0.783. The van der Waals surface area contributed by atoms with Gasteiger partial charge in [-0.2, -0.15) is 0 Å². The number of amides is 1. The Bertz CT molecular complexity index is 525. The molecule has 0 radical (unpaired) electrons. The fourth-order valence-corrected chi connectivity index (χ4v) is 1.87. The van der Waals surface area contributed by atoms with E-state index in [4.69, 9.17) is 0 Å². The first-order valence-corrected chi connectivity index (χ1v) is 6.27. The molecule has 0 aliphatic heterocycles. The molecule has 98 valence electrons. The normalized spacial score (nSPS) is 10.0. The van der Waals surface area contributed by atoms with Crippen LogP contribution in [0.25, 0.3) is 0 Å². The molecule has 0 fully saturated rings. The Kier molecular flexibility index (Phi) is 4.18. The van der Waals surface area contributed by atoms with Crippen LogP contribution in [0, 0.1) is 0 Å². The fraction of sp³-hybridized carbons (Fsp3) is 0.188. The van der Waals surface area contributed by atoms with Gasteiger partial charge in [-0.15, -0.1) is 0 Å². The van der Waals surface area contributed by atoms with Crippen molar-refractivity contribution in [2.24, 2.45) is 0 Å². The third kappa shape index (κ3) is 3.35. The van der Waals surface area contributed by atoms with Crippen molar-refractivity contribution in [2.45, 2.75) is 6.42 Å². The van der Waals surface area contributed by atoms with Gasteiger partial charge in [-0.05, 0) is 17.7 Å². The van der Waals surface area contributed by atoms with Gasteiger partial charge in [0.2, 0.25) is 5.91 Å².